The van der Waals surface area contributed by atoms with Crippen LogP contribution in [0, 0.1) is 0 Å². The summed E-state index contributed by atoms with van der Waals surface area (Å²) >= 11 is 0. The van der Waals surface area contributed by atoms with Gasteiger partial charge >= 0.3 is 0 Å². The van der Waals surface area contributed by atoms with Crippen molar-refractivity contribution in [3.8, 4) is 0 Å². The van der Waals surface area contributed by atoms with E-state index in [4.69, 9.17) is 5.73 Å². The summed E-state index contributed by atoms with van der Waals surface area (Å²) in [7, 11) is -1.01. The lowest BCUT2D eigenvalue weighted by molar-refractivity contribution is 0.682. The lowest BCUT2D eigenvalue weighted by atomic mass is 10.3. The van der Waals surface area contributed by atoms with E-state index < -0.39 is 10.8 Å². The van der Waals surface area contributed by atoms with Crippen LogP contribution < -0.4 is 5.73 Å². The average Bonchev–Trinajstić information content (AvgIpc) is 2.37. The quantitative estimate of drug-likeness (QED) is 0.840. The third-order valence-corrected chi connectivity index (χ3v) is 3.75. The van der Waals surface area contributed by atoms with Gasteiger partial charge in [-0.25, -0.2) is 0 Å². The summed E-state index contributed by atoms with van der Waals surface area (Å²) in [6.45, 7) is 0. The maximum Gasteiger partial charge on any atom is 0.0534 e. The first-order chi connectivity index (χ1) is 8.25. The van der Waals surface area contributed by atoms with Crippen molar-refractivity contribution in [2.45, 2.75) is 11.3 Å². The molecule has 0 amide bonds. The van der Waals surface area contributed by atoms with E-state index in [9.17, 15) is 4.21 Å². The average molecular weight is 246 g/mol. The Balaban J connectivity index is 1.98. The van der Waals surface area contributed by atoms with Crippen molar-refractivity contribution in [2.75, 3.05) is 11.5 Å². The van der Waals surface area contributed by atoms with Gasteiger partial charge in [0.1, 0.15) is 0 Å². The van der Waals surface area contributed by atoms with Gasteiger partial charge in [-0.3, -0.25) is 9.19 Å². The minimum atomic E-state index is -1.01. The second kappa shape index (κ2) is 5.59. The number of pyridine rings is 1. The van der Waals surface area contributed by atoms with Crippen molar-refractivity contribution in [1.82, 2.24) is 4.98 Å². The molecule has 2 aromatic rings. The van der Waals surface area contributed by atoms with E-state index in [-0.39, 0.29) is 0 Å². The monoisotopic (exact) mass is 246 g/mol. The number of hydrogen-bond donors (Lipinski definition) is 1. The number of aromatic nitrogens is 1. The molecule has 0 bridgehead atoms. The number of aryl methyl sites for hydroxylation is 1. The number of benzene rings is 1. The summed E-state index contributed by atoms with van der Waals surface area (Å²) in [4.78, 5) is 4.98. The van der Waals surface area contributed by atoms with Crippen LogP contribution in [0.25, 0.3) is 0 Å². The molecule has 2 N–H and O–H groups in total. The summed E-state index contributed by atoms with van der Waals surface area (Å²) in [6, 6.07) is 13.0. The lowest BCUT2D eigenvalue weighted by Crippen LogP contribution is -2.03. The third-order valence-electron chi connectivity index (χ3n) is 2.39. The highest BCUT2D eigenvalue weighted by Crippen LogP contribution is 2.12. The van der Waals surface area contributed by atoms with Crippen LogP contribution in [0.2, 0.25) is 0 Å². The molecule has 3 nitrogen and oxygen atoms in total. The largest absolute Gasteiger partial charge is 0.399 e. The molecule has 1 atom stereocenters. The van der Waals surface area contributed by atoms with Gasteiger partial charge in [-0.05, 0) is 30.3 Å². The van der Waals surface area contributed by atoms with Crippen molar-refractivity contribution in [3.63, 3.8) is 0 Å². The molecule has 1 aromatic carbocycles. The van der Waals surface area contributed by atoms with Crippen molar-refractivity contribution in [2.24, 2.45) is 0 Å². The molecule has 1 unspecified atom stereocenters. The Morgan fingerprint density at radius 1 is 1.18 bits per heavy atom. The van der Waals surface area contributed by atoms with Gasteiger partial charge in [0.05, 0.1) is 10.8 Å². The molecule has 88 valence electrons. The van der Waals surface area contributed by atoms with Gasteiger partial charge in [-0.15, -0.1) is 0 Å². The van der Waals surface area contributed by atoms with Gasteiger partial charge in [-0.1, -0.05) is 12.1 Å². The molecule has 17 heavy (non-hydrogen) atoms. The summed E-state index contributed by atoms with van der Waals surface area (Å²) in [5.74, 6) is 0.570. The fraction of sp³-hybridized carbons (Fsp3) is 0.154. The summed E-state index contributed by atoms with van der Waals surface area (Å²) in [6.07, 6.45) is 2.46. The van der Waals surface area contributed by atoms with Crippen molar-refractivity contribution in [3.05, 3.63) is 54.4 Å². The molecule has 0 saturated heterocycles. The van der Waals surface area contributed by atoms with E-state index in [0.29, 0.717) is 17.9 Å². The minimum Gasteiger partial charge on any atom is -0.399 e. The smallest absolute Gasteiger partial charge is 0.0534 e. The van der Waals surface area contributed by atoms with E-state index in [1.807, 2.05) is 30.3 Å². The minimum absolute atomic E-state index is 0.570. The number of hydrogen-bond acceptors (Lipinski definition) is 3. The normalized spacial score (nSPS) is 12.2. The molecule has 1 aromatic heterocycles. The number of nitrogens with two attached hydrogens (primary N) is 1. The molecule has 0 radical (unpaired) electrons. The topological polar surface area (TPSA) is 56.0 Å². The molecule has 0 aliphatic carbocycles. The molecule has 0 aliphatic rings. The highest BCUT2D eigenvalue weighted by Gasteiger charge is 2.04. The van der Waals surface area contributed by atoms with Crippen molar-refractivity contribution in [1.29, 1.82) is 0 Å². The van der Waals surface area contributed by atoms with Gasteiger partial charge in [0.2, 0.25) is 0 Å². The number of rotatable bonds is 4. The predicted molar refractivity (Wildman–Crippen MR) is 70.1 cm³/mol. The summed E-state index contributed by atoms with van der Waals surface area (Å²) in [5, 5.41) is 0. The summed E-state index contributed by atoms with van der Waals surface area (Å²) in [5.41, 5.74) is 7.27. The Morgan fingerprint density at radius 3 is 2.76 bits per heavy atom. The van der Waals surface area contributed by atoms with Crippen LogP contribution in [0.1, 0.15) is 5.69 Å². The Labute approximate surface area is 103 Å². The summed E-state index contributed by atoms with van der Waals surface area (Å²) < 4.78 is 12.0. The van der Waals surface area contributed by atoms with Gasteiger partial charge < -0.3 is 5.73 Å². The van der Waals surface area contributed by atoms with Crippen LogP contribution in [0.15, 0.2) is 53.6 Å². The van der Waals surface area contributed by atoms with E-state index in [1.54, 1.807) is 18.3 Å². The number of anilines is 1. The molecule has 2 rings (SSSR count). The zero-order valence-corrected chi connectivity index (χ0v) is 10.2. The van der Waals surface area contributed by atoms with Crippen molar-refractivity contribution >= 4 is 16.5 Å². The Morgan fingerprint density at radius 2 is 2.06 bits per heavy atom. The first-order valence-corrected chi connectivity index (χ1v) is 6.71. The van der Waals surface area contributed by atoms with Gasteiger partial charge in [0.25, 0.3) is 0 Å². The van der Waals surface area contributed by atoms with Crippen LogP contribution in [-0.4, -0.2) is 14.9 Å². The van der Waals surface area contributed by atoms with Crippen LogP contribution in [-0.2, 0) is 17.2 Å². The van der Waals surface area contributed by atoms with E-state index in [1.165, 1.54) is 0 Å². The standard InChI is InChI=1S/C13H14N2OS/c14-11-4-3-6-13(10-11)17(16)9-7-12-5-1-2-8-15-12/h1-6,8,10H,7,9,14H2. The lowest BCUT2D eigenvalue weighted by Gasteiger charge is -2.03. The second-order valence-corrected chi connectivity index (χ2v) is 5.26. The van der Waals surface area contributed by atoms with Crippen LogP contribution in [0.5, 0.6) is 0 Å². The van der Waals surface area contributed by atoms with E-state index >= 15 is 0 Å². The molecule has 0 spiro atoms. The van der Waals surface area contributed by atoms with E-state index in [2.05, 4.69) is 4.98 Å². The van der Waals surface area contributed by atoms with Crippen LogP contribution in [0.3, 0.4) is 0 Å². The zero-order chi connectivity index (χ0) is 12.1. The molecular formula is C13H14N2OS. The van der Waals surface area contributed by atoms with Crippen LogP contribution in [0.4, 0.5) is 5.69 Å². The molecule has 0 fully saturated rings. The van der Waals surface area contributed by atoms with Gasteiger partial charge in [0.15, 0.2) is 0 Å². The fourth-order valence-corrected chi connectivity index (χ4v) is 2.65. The maximum absolute atomic E-state index is 12.0. The van der Waals surface area contributed by atoms with E-state index in [0.717, 1.165) is 10.6 Å². The predicted octanol–water partition coefficient (Wildman–Crippen LogP) is 2.01. The van der Waals surface area contributed by atoms with Crippen LogP contribution >= 0.6 is 0 Å². The van der Waals surface area contributed by atoms with Gasteiger partial charge in [-0.2, -0.15) is 0 Å². The molecular weight excluding hydrogens is 232 g/mol. The van der Waals surface area contributed by atoms with Crippen molar-refractivity contribution < 1.29 is 4.21 Å². The molecule has 4 heteroatoms. The SMILES string of the molecule is Nc1cccc(S(=O)CCc2ccccn2)c1. The number of nitrogen functional groups attached to an aromatic ring is 1. The maximum atomic E-state index is 12.0. The Hall–Kier alpha value is -1.68. The Bertz CT molecular complexity index is 514. The molecule has 0 saturated carbocycles. The number of nitrogens with zero attached hydrogens (tertiary/aromatic N) is 1. The Kier molecular flexibility index (Phi) is 3.88. The van der Waals surface area contributed by atoms with Gasteiger partial charge in [0, 0.05) is 34.6 Å². The highest BCUT2D eigenvalue weighted by atomic mass is 32.2. The third kappa shape index (κ3) is 3.39. The molecule has 1 heterocycles. The second-order valence-electron chi connectivity index (χ2n) is 3.69. The zero-order valence-electron chi connectivity index (χ0n) is 9.37. The highest BCUT2D eigenvalue weighted by molar-refractivity contribution is 7.85. The molecule has 0 aliphatic heterocycles. The first kappa shape index (κ1) is 11.8. The fourth-order valence-electron chi connectivity index (χ4n) is 1.52. The first-order valence-electron chi connectivity index (χ1n) is 5.39.